The Hall–Kier alpha value is -1.55. The van der Waals surface area contributed by atoms with Gasteiger partial charge in [0.15, 0.2) is 6.61 Å². The van der Waals surface area contributed by atoms with Crippen molar-refractivity contribution in [2.75, 3.05) is 19.0 Å². The third-order valence-electron chi connectivity index (χ3n) is 2.10. The van der Waals surface area contributed by atoms with Crippen LogP contribution in [0.2, 0.25) is 0 Å². The number of nitrogens with one attached hydrogen (secondary N) is 2. The molecule has 0 unspecified atom stereocenters. The van der Waals surface area contributed by atoms with E-state index in [0.29, 0.717) is 6.54 Å². The molecule has 14 heavy (non-hydrogen) atoms. The molecule has 1 aromatic carbocycles. The molecule has 1 aliphatic heterocycles. The summed E-state index contributed by atoms with van der Waals surface area (Å²) in [4.78, 5) is 11.1. The van der Waals surface area contributed by atoms with Crippen LogP contribution in [0, 0.1) is 0 Å². The fraction of sp³-hybridized carbons (Fsp3) is 0.300. The lowest BCUT2D eigenvalue weighted by Gasteiger charge is -2.20. The molecule has 0 radical (unpaired) electrons. The van der Waals surface area contributed by atoms with E-state index in [0.717, 1.165) is 17.0 Å². The van der Waals surface area contributed by atoms with Gasteiger partial charge in [-0.2, -0.15) is 0 Å². The number of anilines is 1. The molecule has 0 aromatic heterocycles. The first-order valence-electron chi connectivity index (χ1n) is 4.50. The molecule has 74 valence electrons. The van der Waals surface area contributed by atoms with Gasteiger partial charge in [0.2, 0.25) is 0 Å². The van der Waals surface area contributed by atoms with Crippen molar-refractivity contribution in [3.05, 3.63) is 23.8 Å². The molecule has 0 atom stereocenters. The fourth-order valence-electron chi connectivity index (χ4n) is 1.50. The Kier molecular flexibility index (Phi) is 2.37. The van der Waals surface area contributed by atoms with E-state index in [9.17, 15) is 4.79 Å². The molecular weight excluding hydrogens is 180 g/mol. The van der Waals surface area contributed by atoms with Gasteiger partial charge in [-0.3, -0.25) is 4.79 Å². The summed E-state index contributed by atoms with van der Waals surface area (Å²) in [6, 6.07) is 5.74. The number of ether oxygens (including phenoxy) is 1. The van der Waals surface area contributed by atoms with Gasteiger partial charge in [0.1, 0.15) is 5.75 Å². The maximum Gasteiger partial charge on any atom is 0.262 e. The van der Waals surface area contributed by atoms with Crippen LogP contribution in [0.25, 0.3) is 0 Å². The van der Waals surface area contributed by atoms with E-state index in [1.165, 1.54) is 0 Å². The molecule has 1 amide bonds. The molecule has 1 aliphatic rings. The fourth-order valence-corrected chi connectivity index (χ4v) is 1.50. The van der Waals surface area contributed by atoms with E-state index in [2.05, 4.69) is 10.6 Å². The van der Waals surface area contributed by atoms with E-state index in [1.54, 1.807) is 0 Å². The van der Waals surface area contributed by atoms with Crippen LogP contribution in [0.1, 0.15) is 5.56 Å². The quantitative estimate of drug-likeness (QED) is 0.726. The largest absolute Gasteiger partial charge is 0.482 e. The van der Waals surface area contributed by atoms with Crippen LogP contribution < -0.4 is 15.4 Å². The van der Waals surface area contributed by atoms with Crippen molar-refractivity contribution in [2.24, 2.45) is 0 Å². The minimum Gasteiger partial charge on any atom is -0.482 e. The lowest BCUT2D eigenvalue weighted by atomic mass is 10.1. The average molecular weight is 192 g/mol. The number of carbonyl (C=O) groups is 1. The first-order chi connectivity index (χ1) is 6.81. The third-order valence-corrected chi connectivity index (χ3v) is 2.10. The monoisotopic (exact) mass is 192 g/mol. The van der Waals surface area contributed by atoms with Crippen molar-refractivity contribution in [3.63, 3.8) is 0 Å². The van der Waals surface area contributed by atoms with Gasteiger partial charge in [-0.05, 0) is 18.7 Å². The van der Waals surface area contributed by atoms with Crippen molar-refractivity contribution in [3.8, 4) is 5.75 Å². The molecule has 1 aromatic rings. The van der Waals surface area contributed by atoms with Crippen LogP contribution in [-0.4, -0.2) is 19.6 Å². The van der Waals surface area contributed by atoms with Gasteiger partial charge in [-0.1, -0.05) is 12.1 Å². The molecule has 4 heteroatoms. The summed E-state index contributed by atoms with van der Waals surface area (Å²) in [7, 11) is 1.87. The molecule has 0 saturated heterocycles. The van der Waals surface area contributed by atoms with Gasteiger partial charge in [-0.25, -0.2) is 0 Å². The second-order valence-electron chi connectivity index (χ2n) is 3.16. The summed E-state index contributed by atoms with van der Waals surface area (Å²) in [6.07, 6.45) is 0. The summed E-state index contributed by atoms with van der Waals surface area (Å²) in [5, 5.41) is 5.85. The van der Waals surface area contributed by atoms with Gasteiger partial charge in [0.25, 0.3) is 5.91 Å². The standard InChI is InChI=1S/C10H12N2O2/c1-11-5-7-3-2-4-8-10(7)12-9(13)6-14-8/h2-4,11H,5-6H2,1H3,(H,12,13). The van der Waals surface area contributed by atoms with Gasteiger partial charge in [-0.15, -0.1) is 0 Å². The summed E-state index contributed by atoms with van der Waals surface area (Å²) in [5.41, 5.74) is 1.83. The highest BCUT2D eigenvalue weighted by Crippen LogP contribution is 2.30. The van der Waals surface area contributed by atoms with E-state index >= 15 is 0 Å². The minimum absolute atomic E-state index is 0.0962. The maximum atomic E-state index is 11.1. The SMILES string of the molecule is CNCc1cccc2c1NC(=O)CO2. The van der Waals surface area contributed by atoms with Crippen LogP contribution in [0.3, 0.4) is 0 Å². The zero-order valence-electron chi connectivity index (χ0n) is 7.96. The summed E-state index contributed by atoms with van der Waals surface area (Å²) in [5.74, 6) is 0.651. The molecule has 2 N–H and O–H groups in total. The first-order valence-corrected chi connectivity index (χ1v) is 4.50. The highest BCUT2D eigenvalue weighted by molar-refractivity contribution is 5.96. The highest BCUT2D eigenvalue weighted by Gasteiger charge is 2.17. The molecule has 0 aliphatic carbocycles. The molecule has 2 rings (SSSR count). The average Bonchev–Trinajstić information content (AvgIpc) is 2.19. The number of carbonyl (C=O) groups excluding carboxylic acids is 1. The van der Waals surface area contributed by atoms with E-state index in [4.69, 9.17) is 4.74 Å². The molecule has 0 spiro atoms. The zero-order chi connectivity index (χ0) is 9.97. The van der Waals surface area contributed by atoms with E-state index < -0.39 is 0 Å². The van der Waals surface area contributed by atoms with Crippen LogP contribution in [0.15, 0.2) is 18.2 Å². The normalized spacial score (nSPS) is 14.2. The highest BCUT2D eigenvalue weighted by atomic mass is 16.5. The van der Waals surface area contributed by atoms with Gasteiger partial charge >= 0.3 is 0 Å². The number of benzene rings is 1. The van der Waals surface area contributed by atoms with E-state index in [-0.39, 0.29) is 12.5 Å². The number of hydrogen-bond donors (Lipinski definition) is 2. The van der Waals surface area contributed by atoms with Crippen LogP contribution in [-0.2, 0) is 11.3 Å². The van der Waals surface area contributed by atoms with Crippen molar-refractivity contribution in [1.82, 2.24) is 5.32 Å². The van der Waals surface area contributed by atoms with Crippen molar-refractivity contribution >= 4 is 11.6 Å². The van der Waals surface area contributed by atoms with Crippen molar-refractivity contribution in [1.29, 1.82) is 0 Å². The molecule has 0 bridgehead atoms. The third kappa shape index (κ3) is 1.56. The topological polar surface area (TPSA) is 50.4 Å². The van der Waals surface area contributed by atoms with Gasteiger partial charge in [0, 0.05) is 6.54 Å². The van der Waals surface area contributed by atoms with Crippen LogP contribution >= 0.6 is 0 Å². The maximum absolute atomic E-state index is 11.1. The van der Waals surface area contributed by atoms with Crippen LogP contribution in [0.5, 0.6) is 5.75 Å². The van der Waals surface area contributed by atoms with Gasteiger partial charge < -0.3 is 15.4 Å². The minimum atomic E-state index is -0.0962. The Morgan fingerprint density at radius 3 is 3.21 bits per heavy atom. The molecular formula is C10H12N2O2. The van der Waals surface area contributed by atoms with Crippen LogP contribution in [0.4, 0.5) is 5.69 Å². The predicted molar refractivity (Wildman–Crippen MR) is 53.3 cm³/mol. The first kappa shape index (κ1) is 9.02. The zero-order valence-corrected chi connectivity index (χ0v) is 7.96. The Morgan fingerprint density at radius 2 is 2.43 bits per heavy atom. The number of para-hydroxylation sites is 1. The second-order valence-corrected chi connectivity index (χ2v) is 3.16. The molecule has 0 saturated carbocycles. The van der Waals surface area contributed by atoms with E-state index in [1.807, 2.05) is 25.2 Å². The predicted octanol–water partition coefficient (Wildman–Crippen LogP) is 0.737. The van der Waals surface area contributed by atoms with Crippen molar-refractivity contribution in [2.45, 2.75) is 6.54 Å². The van der Waals surface area contributed by atoms with Crippen molar-refractivity contribution < 1.29 is 9.53 Å². The number of rotatable bonds is 2. The van der Waals surface area contributed by atoms with Gasteiger partial charge in [0.05, 0.1) is 5.69 Å². The lowest BCUT2D eigenvalue weighted by Crippen LogP contribution is -2.26. The smallest absolute Gasteiger partial charge is 0.262 e. The second kappa shape index (κ2) is 3.67. The Morgan fingerprint density at radius 1 is 1.57 bits per heavy atom. The number of fused-ring (bicyclic) bond motifs is 1. The molecule has 0 fully saturated rings. The Balaban J connectivity index is 2.38. The lowest BCUT2D eigenvalue weighted by molar-refractivity contribution is -0.118. The molecule has 1 heterocycles. The number of hydrogen-bond acceptors (Lipinski definition) is 3. The Bertz CT molecular complexity index is 363. The summed E-state index contributed by atoms with van der Waals surface area (Å²) < 4.78 is 5.28. The summed E-state index contributed by atoms with van der Waals surface area (Å²) in [6.45, 7) is 0.822. The Labute approximate surface area is 82.3 Å². The molecule has 4 nitrogen and oxygen atoms in total. The summed E-state index contributed by atoms with van der Waals surface area (Å²) >= 11 is 0. The number of amides is 1.